The van der Waals surface area contributed by atoms with Crippen LogP contribution >= 0.6 is 11.3 Å². The van der Waals surface area contributed by atoms with Crippen molar-refractivity contribution in [3.8, 4) is 0 Å². The average molecular weight is 221 g/mol. The molecule has 2 heterocycles. The predicted molar refractivity (Wildman–Crippen MR) is 60.6 cm³/mol. The molecule has 0 aliphatic heterocycles. The third kappa shape index (κ3) is 2.41. The molecule has 2 aromatic rings. The molecule has 2 aromatic heterocycles. The minimum atomic E-state index is 0.554. The van der Waals surface area contributed by atoms with E-state index < -0.39 is 0 Å². The number of anilines is 2. The molecule has 78 valence electrons. The number of hydrogen-bond acceptors (Lipinski definition) is 6. The molecule has 6 heteroatoms. The number of hydrogen-bond donors (Lipinski definition) is 2. The van der Waals surface area contributed by atoms with Crippen molar-refractivity contribution in [2.75, 3.05) is 11.1 Å². The van der Waals surface area contributed by atoms with Crippen LogP contribution in [0.3, 0.4) is 0 Å². The van der Waals surface area contributed by atoms with Gasteiger partial charge in [0.05, 0.1) is 23.4 Å². The van der Waals surface area contributed by atoms with E-state index in [2.05, 4.69) is 20.3 Å². The summed E-state index contributed by atoms with van der Waals surface area (Å²) in [7, 11) is 0. The van der Waals surface area contributed by atoms with Crippen LogP contribution in [-0.2, 0) is 6.54 Å². The Morgan fingerprint density at radius 1 is 1.40 bits per heavy atom. The van der Waals surface area contributed by atoms with Gasteiger partial charge in [0.15, 0.2) is 5.82 Å². The van der Waals surface area contributed by atoms with E-state index in [1.165, 1.54) is 6.33 Å². The molecule has 0 aromatic carbocycles. The molecule has 0 radical (unpaired) electrons. The largest absolute Gasteiger partial charge is 0.394 e. The molecule has 0 amide bonds. The van der Waals surface area contributed by atoms with Gasteiger partial charge in [0.25, 0.3) is 0 Å². The summed E-state index contributed by atoms with van der Waals surface area (Å²) in [5.74, 6) is 0.663. The zero-order valence-corrected chi connectivity index (χ0v) is 9.08. The highest BCUT2D eigenvalue weighted by atomic mass is 32.1. The fourth-order valence-electron chi connectivity index (χ4n) is 1.15. The number of nitrogen functional groups attached to an aromatic ring is 1. The van der Waals surface area contributed by atoms with Gasteiger partial charge in [-0.1, -0.05) is 0 Å². The number of aromatic nitrogens is 3. The Morgan fingerprint density at radius 2 is 2.27 bits per heavy atom. The highest BCUT2D eigenvalue weighted by Crippen LogP contribution is 2.16. The fourth-order valence-corrected chi connectivity index (χ4v) is 1.88. The third-order valence-electron chi connectivity index (χ3n) is 1.84. The highest BCUT2D eigenvalue weighted by molar-refractivity contribution is 7.11. The Labute approximate surface area is 91.4 Å². The van der Waals surface area contributed by atoms with Crippen molar-refractivity contribution < 1.29 is 0 Å². The highest BCUT2D eigenvalue weighted by Gasteiger charge is 2.01. The summed E-state index contributed by atoms with van der Waals surface area (Å²) in [6.07, 6.45) is 4.90. The zero-order valence-electron chi connectivity index (χ0n) is 8.27. The first kappa shape index (κ1) is 9.85. The minimum absolute atomic E-state index is 0.554. The van der Waals surface area contributed by atoms with Crippen LogP contribution < -0.4 is 11.1 Å². The number of nitrogens with zero attached hydrogens (tertiary/aromatic N) is 3. The molecule has 0 unspecified atom stereocenters. The molecule has 15 heavy (non-hydrogen) atoms. The lowest BCUT2D eigenvalue weighted by molar-refractivity contribution is 1.10. The molecule has 0 bridgehead atoms. The first-order valence-electron chi connectivity index (χ1n) is 4.46. The Bertz CT molecular complexity index is 453. The normalized spacial score (nSPS) is 10.2. The van der Waals surface area contributed by atoms with Crippen molar-refractivity contribution in [2.24, 2.45) is 0 Å². The van der Waals surface area contributed by atoms with Crippen LogP contribution in [0.25, 0.3) is 0 Å². The standard InChI is InChI=1S/C9H11N5S/c1-6-12-2-7(15-6)3-13-9-8(10)4-11-5-14-9/h2,4-5H,3,10H2,1H3,(H,11,13,14). The average Bonchev–Trinajstić information content (AvgIpc) is 2.63. The number of aryl methyl sites for hydroxylation is 1. The molecule has 0 aliphatic carbocycles. The van der Waals surface area contributed by atoms with Crippen LogP contribution in [-0.4, -0.2) is 15.0 Å². The van der Waals surface area contributed by atoms with Crippen LogP contribution in [0.1, 0.15) is 9.88 Å². The SMILES string of the molecule is Cc1ncc(CNc2ncncc2N)s1. The van der Waals surface area contributed by atoms with E-state index in [-0.39, 0.29) is 0 Å². The first-order chi connectivity index (χ1) is 7.25. The number of nitrogens with one attached hydrogen (secondary N) is 1. The number of thiazole rings is 1. The van der Waals surface area contributed by atoms with Crippen molar-refractivity contribution in [3.05, 3.63) is 28.6 Å². The maximum absolute atomic E-state index is 5.69. The van der Waals surface area contributed by atoms with Gasteiger partial charge in [-0.3, -0.25) is 0 Å². The lowest BCUT2D eigenvalue weighted by atomic mass is 10.4. The van der Waals surface area contributed by atoms with Gasteiger partial charge in [0.1, 0.15) is 6.33 Å². The minimum Gasteiger partial charge on any atom is -0.394 e. The van der Waals surface area contributed by atoms with Gasteiger partial charge in [-0.15, -0.1) is 11.3 Å². The summed E-state index contributed by atoms with van der Waals surface area (Å²) in [6, 6.07) is 0. The lowest BCUT2D eigenvalue weighted by Crippen LogP contribution is -2.03. The van der Waals surface area contributed by atoms with Gasteiger partial charge in [-0.05, 0) is 6.92 Å². The van der Waals surface area contributed by atoms with Crippen molar-refractivity contribution in [1.29, 1.82) is 0 Å². The van der Waals surface area contributed by atoms with E-state index in [1.807, 2.05) is 13.1 Å². The van der Waals surface area contributed by atoms with E-state index in [4.69, 9.17) is 5.73 Å². The Balaban J connectivity index is 2.02. The van der Waals surface area contributed by atoms with E-state index in [0.717, 1.165) is 9.88 Å². The van der Waals surface area contributed by atoms with Crippen molar-refractivity contribution >= 4 is 22.8 Å². The summed E-state index contributed by atoms with van der Waals surface area (Å²) in [4.78, 5) is 13.2. The van der Waals surface area contributed by atoms with Crippen LogP contribution in [0.15, 0.2) is 18.7 Å². The summed E-state index contributed by atoms with van der Waals surface area (Å²) >= 11 is 1.66. The summed E-state index contributed by atoms with van der Waals surface area (Å²) in [5.41, 5.74) is 6.24. The van der Waals surface area contributed by atoms with Gasteiger partial charge in [-0.2, -0.15) is 0 Å². The van der Waals surface area contributed by atoms with E-state index in [9.17, 15) is 0 Å². The maximum atomic E-state index is 5.69. The van der Waals surface area contributed by atoms with Gasteiger partial charge in [0, 0.05) is 11.1 Å². The topological polar surface area (TPSA) is 76.7 Å². The Kier molecular flexibility index (Phi) is 2.77. The second-order valence-electron chi connectivity index (χ2n) is 3.03. The number of nitrogens with two attached hydrogens (primary N) is 1. The fraction of sp³-hybridized carbons (Fsp3) is 0.222. The molecule has 0 aliphatic rings. The molecule has 2 rings (SSSR count). The van der Waals surface area contributed by atoms with E-state index in [0.29, 0.717) is 18.1 Å². The van der Waals surface area contributed by atoms with Crippen LogP contribution in [0.2, 0.25) is 0 Å². The van der Waals surface area contributed by atoms with Crippen molar-refractivity contribution in [2.45, 2.75) is 13.5 Å². The molecule has 0 saturated heterocycles. The molecule has 0 saturated carbocycles. The van der Waals surface area contributed by atoms with Crippen molar-refractivity contribution in [3.63, 3.8) is 0 Å². The van der Waals surface area contributed by atoms with E-state index >= 15 is 0 Å². The van der Waals surface area contributed by atoms with Gasteiger partial charge in [-0.25, -0.2) is 15.0 Å². The molecule has 0 fully saturated rings. The second kappa shape index (κ2) is 4.22. The third-order valence-corrected chi connectivity index (χ3v) is 2.75. The zero-order chi connectivity index (χ0) is 10.7. The maximum Gasteiger partial charge on any atom is 0.152 e. The molecule has 0 spiro atoms. The van der Waals surface area contributed by atoms with Crippen LogP contribution in [0.5, 0.6) is 0 Å². The Morgan fingerprint density at radius 3 is 2.93 bits per heavy atom. The Hall–Kier alpha value is -1.69. The van der Waals surface area contributed by atoms with E-state index in [1.54, 1.807) is 17.5 Å². The van der Waals surface area contributed by atoms with Crippen molar-refractivity contribution in [1.82, 2.24) is 15.0 Å². The summed E-state index contributed by atoms with van der Waals surface area (Å²) < 4.78 is 0. The van der Waals surface area contributed by atoms with Crippen LogP contribution in [0, 0.1) is 6.92 Å². The van der Waals surface area contributed by atoms with Crippen LogP contribution in [0.4, 0.5) is 11.5 Å². The molecular weight excluding hydrogens is 210 g/mol. The number of rotatable bonds is 3. The molecule has 0 atom stereocenters. The predicted octanol–water partition coefficient (Wildman–Crippen LogP) is 1.44. The molecule has 3 N–H and O–H groups in total. The van der Waals surface area contributed by atoms with Gasteiger partial charge >= 0.3 is 0 Å². The smallest absolute Gasteiger partial charge is 0.152 e. The molecule has 5 nitrogen and oxygen atoms in total. The summed E-state index contributed by atoms with van der Waals surface area (Å²) in [6.45, 7) is 2.67. The quantitative estimate of drug-likeness (QED) is 0.820. The van der Waals surface area contributed by atoms with Gasteiger partial charge in [0.2, 0.25) is 0 Å². The monoisotopic (exact) mass is 221 g/mol. The lowest BCUT2D eigenvalue weighted by Gasteiger charge is -2.04. The summed E-state index contributed by atoms with van der Waals surface area (Å²) in [5, 5.41) is 4.19. The first-order valence-corrected chi connectivity index (χ1v) is 5.28. The van der Waals surface area contributed by atoms with Gasteiger partial charge < -0.3 is 11.1 Å². The second-order valence-corrected chi connectivity index (χ2v) is 4.35. The molecular formula is C9H11N5S.